The van der Waals surface area contributed by atoms with Crippen molar-refractivity contribution in [2.24, 2.45) is 0 Å². The lowest BCUT2D eigenvalue weighted by Crippen LogP contribution is -2.14. The van der Waals surface area contributed by atoms with Crippen molar-refractivity contribution in [2.75, 3.05) is 19.5 Å². The molecule has 0 saturated heterocycles. The van der Waals surface area contributed by atoms with Crippen molar-refractivity contribution in [3.8, 4) is 17.2 Å². The Kier molecular flexibility index (Phi) is 5.16. The van der Waals surface area contributed by atoms with E-state index in [2.05, 4.69) is 5.32 Å². The summed E-state index contributed by atoms with van der Waals surface area (Å²) in [7, 11) is 3.10. The summed E-state index contributed by atoms with van der Waals surface area (Å²) < 4.78 is 25.7. The molecule has 140 valence electrons. The van der Waals surface area contributed by atoms with Crippen LogP contribution in [0, 0.1) is 19.7 Å². The summed E-state index contributed by atoms with van der Waals surface area (Å²) in [5.74, 6) is 0.590. The number of ether oxygens (including phenoxy) is 2. The Labute approximate surface area is 157 Å². The minimum atomic E-state index is -0.302. The fraction of sp³-hybridized carbons (Fsp3) is 0.190. The summed E-state index contributed by atoms with van der Waals surface area (Å²) in [4.78, 5) is 12.9. The summed E-state index contributed by atoms with van der Waals surface area (Å²) in [6, 6.07) is 13.2. The molecule has 1 aromatic heterocycles. The SMILES string of the molecule is COc1ccc(OC)c(NC(=O)c2cc(C)n(-c3ccc(F)cc3)c2C)c1. The van der Waals surface area contributed by atoms with E-state index in [1.807, 2.05) is 18.4 Å². The van der Waals surface area contributed by atoms with Crippen molar-refractivity contribution in [3.05, 3.63) is 71.3 Å². The van der Waals surface area contributed by atoms with Gasteiger partial charge >= 0.3 is 0 Å². The number of aryl methyl sites for hydroxylation is 1. The Bertz CT molecular complexity index is 978. The molecule has 5 nitrogen and oxygen atoms in total. The van der Waals surface area contributed by atoms with Crippen molar-refractivity contribution >= 4 is 11.6 Å². The van der Waals surface area contributed by atoms with Gasteiger partial charge in [0.1, 0.15) is 17.3 Å². The molecule has 2 aromatic carbocycles. The maximum absolute atomic E-state index is 13.2. The number of anilines is 1. The highest BCUT2D eigenvalue weighted by molar-refractivity contribution is 6.06. The van der Waals surface area contributed by atoms with Crippen LogP contribution in [-0.2, 0) is 0 Å². The van der Waals surface area contributed by atoms with Crippen LogP contribution >= 0.6 is 0 Å². The maximum Gasteiger partial charge on any atom is 0.257 e. The molecular weight excluding hydrogens is 347 g/mol. The van der Waals surface area contributed by atoms with Crippen molar-refractivity contribution in [1.29, 1.82) is 0 Å². The van der Waals surface area contributed by atoms with Gasteiger partial charge in [0.05, 0.1) is 25.5 Å². The minimum absolute atomic E-state index is 0.261. The van der Waals surface area contributed by atoms with Crippen LogP contribution in [0.5, 0.6) is 11.5 Å². The van der Waals surface area contributed by atoms with Gasteiger partial charge in [-0.15, -0.1) is 0 Å². The average molecular weight is 368 g/mol. The molecule has 3 rings (SSSR count). The van der Waals surface area contributed by atoms with E-state index in [-0.39, 0.29) is 11.7 Å². The summed E-state index contributed by atoms with van der Waals surface area (Å²) in [5.41, 5.74) is 3.49. The number of carbonyl (C=O) groups excluding carboxylic acids is 1. The van der Waals surface area contributed by atoms with Crippen LogP contribution in [0.4, 0.5) is 10.1 Å². The highest BCUT2D eigenvalue weighted by Gasteiger charge is 2.18. The maximum atomic E-state index is 13.2. The lowest BCUT2D eigenvalue weighted by Gasteiger charge is -2.12. The van der Waals surface area contributed by atoms with E-state index in [0.717, 1.165) is 17.1 Å². The highest BCUT2D eigenvalue weighted by atomic mass is 19.1. The number of hydrogen-bond acceptors (Lipinski definition) is 3. The van der Waals surface area contributed by atoms with Gasteiger partial charge in [-0.25, -0.2) is 4.39 Å². The summed E-state index contributed by atoms with van der Waals surface area (Å²) in [6.07, 6.45) is 0. The number of methoxy groups -OCH3 is 2. The quantitative estimate of drug-likeness (QED) is 0.721. The first-order valence-corrected chi connectivity index (χ1v) is 8.43. The van der Waals surface area contributed by atoms with Gasteiger partial charge in [-0.2, -0.15) is 0 Å². The van der Waals surface area contributed by atoms with Crippen LogP contribution in [-0.4, -0.2) is 24.7 Å². The Balaban J connectivity index is 1.95. The zero-order chi connectivity index (χ0) is 19.6. The highest BCUT2D eigenvalue weighted by Crippen LogP contribution is 2.30. The van der Waals surface area contributed by atoms with Crippen LogP contribution < -0.4 is 14.8 Å². The monoisotopic (exact) mass is 368 g/mol. The van der Waals surface area contributed by atoms with E-state index in [4.69, 9.17) is 9.47 Å². The Morgan fingerprint density at radius 3 is 2.33 bits per heavy atom. The number of nitrogens with zero attached hydrogens (tertiary/aromatic N) is 1. The fourth-order valence-corrected chi connectivity index (χ4v) is 3.08. The number of halogens is 1. The van der Waals surface area contributed by atoms with Crippen molar-refractivity contribution in [3.63, 3.8) is 0 Å². The van der Waals surface area contributed by atoms with E-state index >= 15 is 0 Å². The molecule has 0 aliphatic heterocycles. The molecule has 1 heterocycles. The molecular formula is C21H21FN2O3. The van der Waals surface area contributed by atoms with Crippen LogP contribution in [0.1, 0.15) is 21.7 Å². The number of carbonyl (C=O) groups is 1. The van der Waals surface area contributed by atoms with E-state index in [0.29, 0.717) is 22.7 Å². The number of nitrogens with one attached hydrogen (secondary N) is 1. The van der Waals surface area contributed by atoms with Crippen molar-refractivity contribution in [2.45, 2.75) is 13.8 Å². The second kappa shape index (κ2) is 7.53. The normalized spacial score (nSPS) is 10.6. The number of rotatable bonds is 5. The first-order valence-electron chi connectivity index (χ1n) is 8.43. The van der Waals surface area contributed by atoms with Gasteiger partial charge in [-0.05, 0) is 56.3 Å². The minimum Gasteiger partial charge on any atom is -0.497 e. The number of amides is 1. The van der Waals surface area contributed by atoms with Gasteiger partial charge < -0.3 is 19.4 Å². The molecule has 0 atom stereocenters. The molecule has 27 heavy (non-hydrogen) atoms. The van der Waals surface area contributed by atoms with E-state index in [9.17, 15) is 9.18 Å². The molecule has 0 saturated carbocycles. The molecule has 1 amide bonds. The van der Waals surface area contributed by atoms with E-state index < -0.39 is 0 Å². The molecule has 0 aliphatic carbocycles. The van der Waals surface area contributed by atoms with Crippen LogP contribution in [0.2, 0.25) is 0 Å². The standard InChI is InChI=1S/C21H21FN2O3/c1-13-11-18(14(2)24(13)16-7-5-15(22)6-8-16)21(25)23-19-12-17(26-3)9-10-20(19)27-4/h5-12H,1-4H3,(H,23,25). The second-order valence-corrected chi connectivity index (χ2v) is 6.12. The smallest absolute Gasteiger partial charge is 0.257 e. The van der Waals surface area contributed by atoms with Crippen LogP contribution in [0.25, 0.3) is 5.69 Å². The number of aromatic nitrogens is 1. The summed E-state index contributed by atoms with van der Waals surface area (Å²) >= 11 is 0. The summed E-state index contributed by atoms with van der Waals surface area (Å²) in [6.45, 7) is 3.76. The fourth-order valence-electron chi connectivity index (χ4n) is 3.08. The molecule has 0 spiro atoms. The largest absolute Gasteiger partial charge is 0.497 e. The zero-order valence-electron chi connectivity index (χ0n) is 15.7. The van der Waals surface area contributed by atoms with Crippen molar-refractivity contribution in [1.82, 2.24) is 4.57 Å². The van der Waals surface area contributed by atoms with Gasteiger partial charge in [-0.1, -0.05) is 0 Å². The first-order chi connectivity index (χ1) is 12.9. The van der Waals surface area contributed by atoms with Crippen LogP contribution in [0.3, 0.4) is 0 Å². The lowest BCUT2D eigenvalue weighted by atomic mass is 10.2. The second-order valence-electron chi connectivity index (χ2n) is 6.12. The molecule has 3 aromatic rings. The van der Waals surface area contributed by atoms with Gasteiger partial charge in [0, 0.05) is 23.1 Å². The van der Waals surface area contributed by atoms with E-state index in [1.165, 1.54) is 19.2 Å². The van der Waals surface area contributed by atoms with Gasteiger partial charge in [0.15, 0.2) is 0 Å². The third kappa shape index (κ3) is 3.65. The topological polar surface area (TPSA) is 52.5 Å². The Hall–Kier alpha value is -3.28. The first kappa shape index (κ1) is 18.5. The number of hydrogen-bond donors (Lipinski definition) is 1. The van der Waals surface area contributed by atoms with Crippen molar-refractivity contribution < 1.29 is 18.7 Å². The Morgan fingerprint density at radius 1 is 1.00 bits per heavy atom. The average Bonchev–Trinajstić information content (AvgIpc) is 2.97. The third-order valence-electron chi connectivity index (χ3n) is 4.42. The molecule has 1 N–H and O–H groups in total. The summed E-state index contributed by atoms with van der Waals surface area (Å²) in [5, 5.41) is 2.88. The molecule has 0 fully saturated rings. The predicted molar refractivity (Wildman–Crippen MR) is 103 cm³/mol. The molecule has 0 bridgehead atoms. The van der Waals surface area contributed by atoms with Crippen LogP contribution in [0.15, 0.2) is 48.5 Å². The van der Waals surface area contributed by atoms with Gasteiger partial charge in [-0.3, -0.25) is 4.79 Å². The molecule has 6 heteroatoms. The van der Waals surface area contributed by atoms with E-state index in [1.54, 1.807) is 43.5 Å². The molecule has 0 unspecified atom stereocenters. The zero-order valence-corrected chi connectivity index (χ0v) is 15.7. The number of benzene rings is 2. The molecule has 0 radical (unpaired) electrons. The molecule has 0 aliphatic rings. The van der Waals surface area contributed by atoms with Gasteiger partial charge in [0.25, 0.3) is 5.91 Å². The third-order valence-corrected chi connectivity index (χ3v) is 4.42. The van der Waals surface area contributed by atoms with Gasteiger partial charge in [0.2, 0.25) is 0 Å². The predicted octanol–water partition coefficient (Wildman–Crippen LogP) is 4.50. The Morgan fingerprint density at radius 2 is 1.70 bits per heavy atom. The lowest BCUT2D eigenvalue weighted by molar-refractivity contribution is 0.102.